The molecule has 0 aromatic carbocycles. The molecule has 0 bridgehead atoms. The van der Waals surface area contributed by atoms with Gasteiger partial charge in [-0.05, 0) is 12.8 Å². The average Bonchev–Trinajstić information content (AvgIpc) is 2.02. The molecule has 3 nitrogen and oxygen atoms in total. The molecular formula is C9H15O3. The number of hydrogen-bond donors (Lipinski definition) is 0. The van der Waals surface area contributed by atoms with Crippen molar-refractivity contribution in [2.75, 3.05) is 0 Å². The smallest absolute Gasteiger partial charge is 0.303 e. The predicted molar refractivity (Wildman–Crippen MR) is 45.4 cm³/mol. The van der Waals surface area contributed by atoms with Crippen LogP contribution < -0.4 is 0 Å². The summed E-state index contributed by atoms with van der Waals surface area (Å²) in [5.41, 5.74) is 0. The molecule has 0 aliphatic rings. The molecule has 1 radical (unpaired) electrons. The molecule has 0 heterocycles. The summed E-state index contributed by atoms with van der Waals surface area (Å²) in [5.74, 6) is -0.417. The van der Waals surface area contributed by atoms with Crippen LogP contribution >= 0.6 is 0 Å². The third kappa shape index (κ3) is 5.89. The van der Waals surface area contributed by atoms with Crippen LogP contribution in [0.25, 0.3) is 0 Å². The maximum absolute atomic E-state index is 10.4. The Balaban J connectivity index is 3.53. The second kappa shape index (κ2) is 6.83. The van der Waals surface area contributed by atoms with Crippen molar-refractivity contribution in [2.45, 2.75) is 45.6 Å². The van der Waals surface area contributed by atoms with Gasteiger partial charge >= 0.3 is 5.97 Å². The quantitative estimate of drug-likeness (QED) is 0.450. The van der Waals surface area contributed by atoms with Crippen molar-refractivity contribution in [3.8, 4) is 0 Å². The van der Waals surface area contributed by atoms with Gasteiger partial charge in [-0.25, -0.2) is 0 Å². The van der Waals surface area contributed by atoms with Gasteiger partial charge < -0.3 is 4.74 Å². The first-order chi connectivity index (χ1) is 5.70. The van der Waals surface area contributed by atoms with Crippen LogP contribution in [0.1, 0.15) is 39.5 Å². The number of esters is 1. The molecule has 1 atom stereocenters. The summed E-state index contributed by atoms with van der Waals surface area (Å²) in [6.45, 7) is 3.37. The van der Waals surface area contributed by atoms with Gasteiger partial charge in [0, 0.05) is 6.92 Å². The largest absolute Gasteiger partial charge is 0.454 e. The molecule has 0 fully saturated rings. The molecule has 0 aliphatic carbocycles. The van der Waals surface area contributed by atoms with Crippen LogP contribution in [-0.4, -0.2) is 18.4 Å². The fourth-order valence-electron chi connectivity index (χ4n) is 0.922. The highest BCUT2D eigenvalue weighted by Crippen LogP contribution is 2.04. The van der Waals surface area contributed by atoms with E-state index in [9.17, 15) is 9.59 Å². The highest BCUT2D eigenvalue weighted by atomic mass is 16.5. The molecule has 0 amide bonds. The average molecular weight is 171 g/mol. The maximum atomic E-state index is 10.4. The molecule has 0 N–H and O–H groups in total. The van der Waals surface area contributed by atoms with Gasteiger partial charge in [0.15, 0.2) is 6.10 Å². The Morgan fingerprint density at radius 3 is 2.58 bits per heavy atom. The van der Waals surface area contributed by atoms with E-state index in [1.807, 2.05) is 0 Å². The molecule has 69 valence electrons. The third-order valence-electron chi connectivity index (χ3n) is 1.51. The predicted octanol–water partition coefficient (Wildman–Crippen LogP) is 1.61. The van der Waals surface area contributed by atoms with Crippen molar-refractivity contribution >= 4 is 12.3 Å². The van der Waals surface area contributed by atoms with Gasteiger partial charge in [-0.3, -0.25) is 9.59 Å². The Hall–Kier alpha value is -0.860. The van der Waals surface area contributed by atoms with E-state index >= 15 is 0 Å². The molecular weight excluding hydrogens is 156 g/mol. The van der Waals surface area contributed by atoms with Crippen LogP contribution in [0.4, 0.5) is 0 Å². The first-order valence-electron chi connectivity index (χ1n) is 4.25. The minimum atomic E-state index is -0.658. The zero-order valence-electron chi connectivity index (χ0n) is 7.63. The first kappa shape index (κ1) is 11.1. The number of unbranched alkanes of at least 4 members (excludes halogenated alkanes) is 2. The zero-order chi connectivity index (χ0) is 9.40. The van der Waals surface area contributed by atoms with E-state index < -0.39 is 12.1 Å². The fraction of sp³-hybridized carbons (Fsp3) is 0.778. The molecule has 0 aromatic rings. The van der Waals surface area contributed by atoms with Crippen molar-refractivity contribution < 1.29 is 14.3 Å². The van der Waals surface area contributed by atoms with Crippen LogP contribution in [0, 0.1) is 0 Å². The molecule has 0 saturated heterocycles. The van der Waals surface area contributed by atoms with Gasteiger partial charge in [0.2, 0.25) is 6.29 Å². The van der Waals surface area contributed by atoms with Crippen molar-refractivity contribution in [1.82, 2.24) is 0 Å². The van der Waals surface area contributed by atoms with E-state index in [0.717, 1.165) is 19.3 Å². The number of hydrogen-bond acceptors (Lipinski definition) is 3. The summed E-state index contributed by atoms with van der Waals surface area (Å²) in [6.07, 6.45) is 4.69. The number of carbonyl (C=O) groups is 1. The molecule has 0 aliphatic heterocycles. The number of rotatable bonds is 6. The lowest BCUT2D eigenvalue weighted by molar-refractivity contribution is -0.143. The Morgan fingerprint density at radius 1 is 1.50 bits per heavy atom. The summed E-state index contributed by atoms with van der Waals surface area (Å²) in [6, 6.07) is 0. The molecule has 0 aromatic heterocycles. The number of carbonyl (C=O) groups excluding carboxylic acids is 2. The normalized spacial score (nSPS) is 12.2. The second-order valence-electron chi connectivity index (χ2n) is 2.71. The van der Waals surface area contributed by atoms with Crippen molar-refractivity contribution in [2.24, 2.45) is 0 Å². The SMILES string of the molecule is CCCCCC([C]=O)OC(C)=O. The van der Waals surface area contributed by atoms with E-state index in [1.54, 1.807) is 6.29 Å². The van der Waals surface area contributed by atoms with Crippen LogP contribution in [0.15, 0.2) is 0 Å². The summed E-state index contributed by atoms with van der Waals surface area (Å²) >= 11 is 0. The van der Waals surface area contributed by atoms with Gasteiger partial charge in [0.1, 0.15) is 0 Å². The van der Waals surface area contributed by atoms with Crippen molar-refractivity contribution in [3.63, 3.8) is 0 Å². The number of ether oxygens (including phenoxy) is 1. The lowest BCUT2D eigenvalue weighted by Crippen LogP contribution is -2.17. The van der Waals surface area contributed by atoms with Gasteiger partial charge in [0.05, 0.1) is 0 Å². The van der Waals surface area contributed by atoms with Crippen LogP contribution in [0.3, 0.4) is 0 Å². The van der Waals surface area contributed by atoms with Gasteiger partial charge in [-0.2, -0.15) is 0 Å². The highest BCUT2D eigenvalue weighted by Gasteiger charge is 2.10. The topological polar surface area (TPSA) is 43.4 Å². The summed E-state index contributed by atoms with van der Waals surface area (Å²) in [4.78, 5) is 20.7. The van der Waals surface area contributed by atoms with Gasteiger partial charge in [-0.15, -0.1) is 0 Å². The third-order valence-corrected chi connectivity index (χ3v) is 1.51. The van der Waals surface area contributed by atoms with Crippen molar-refractivity contribution in [1.29, 1.82) is 0 Å². The van der Waals surface area contributed by atoms with Crippen LogP contribution in [-0.2, 0) is 14.3 Å². The zero-order valence-corrected chi connectivity index (χ0v) is 7.63. The monoisotopic (exact) mass is 171 g/mol. The van der Waals surface area contributed by atoms with E-state index in [-0.39, 0.29) is 0 Å². The van der Waals surface area contributed by atoms with Crippen LogP contribution in [0.5, 0.6) is 0 Å². The highest BCUT2D eigenvalue weighted by molar-refractivity contribution is 5.70. The Morgan fingerprint density at radius 2 is 2.17 bits per heavy atom. The molecule has 3 heteroatoms. The fourth-order valence-corrected chi connectivity index (χ4v) is 0.922. The van der Waals surface area contributed by atoms with E-state index in [2.05, 4.69) is 11.7 Å². The Labute approximate surface area is 73.1 Å². The molecule has 1 unspecified atom stereocenters. The van der Waals surface area contributed by atoms with E-state index in [1.165, 1.54) is 6.92 Å². The summed E-state index contributed by atoms with van der Waals surface area (Å²) < 4.78 is 4.68. The van der Waals surface area contributed by atoms with E-state index in [0.29, 0.717) is 6.42 Å². The van der Waals surface area contributed by atoms with Gasteiger partial charge in [-0.1, -0.05) is 19.8 Å². The lowest BCUT2D eigenvalue weighted by Gasteiger charge is -2.08. The van der Waals surface area contributed by atoms with Gasteiger partial charge in [0.25, 0.3) is 0 Å². The summed E-state index contributed by atoms with van der Waals surface area (Å²) in [7, 11) is 0. The maximum Gasteiger partial charge on any atom is 0.303 e. The summed E-state index contributed by atoms with van der Waals surface area (Å²) in [5, 5.41) is 0. The molecule has 12 heavy (non-hydrogen) atoms. The standard InChI is InChI=1S/C9H15O3/c1-3-4-5-6-9(7-10)12-8(2)11/h9H,3-6H2,1-2H3. The minimum absolute atomic E-state index is 0.417. The first-order valence-corrected chi connectivity index (χ1v) is 4.25. The van der Waals surface area contributed by atoms with E-state index in [4.69, 9.17) is 0 Å². The molecule has 0 saturated carbocycles. The Bertz CT molecular complexity index is 143. The molecule has 0 rings (SSSR count). The van der Waals surface area contributed by atoms with Crippen molar-refractivity contribution in [3.05, 3.63) is 0 Å². The van der Waals surface area contributed by atoms with Crippen LogP contribution in [0.2, 0.25) is 0 Å². The minimum Gasteiger partial charge on any atom is -0.454 e. The lowest BCUT2D eigenvalue weighted by atomic mass is 10.1. The Kier molecular flexibility index (Phi) is 6.34. The molecule has 0 spiro atoms. The second-order valence-corrected chi connectivity index (χ2v) is 2.71.